The fourth-order valence-electron chi connectivity index (χ4n) is 2.71. The third-order valence-electron chi connectivity index (χ3n) is 3.95. The number of carbonyl (C=O) groups is 1. The number of likely N-dealkylation sites (N-methyl/N-ethyl adjacent to an activating group) is 1. The molecule has 0 unspecified atom stereocenters. The van der Waals surface area contributed by atoms with Gasteiger partial charge >= 0.3 is 0 Å². The smallest absolute Gasteiger partial charge is 0.238 e. The van der Waals surface area contributed by atoms with Crippen LogP contribution in [0.1, 0.15) is 18.4 Å². The number of aryl methyl sites for hydroxylation is 1. The Morgan fingerprint density at radius 2 is 2.09 bits per heavy atom. The summed E-state index contributed by atoms with van der Waals surface area (Å²) in [6, 6.07) is 6.26. The van der Waals surface area contributed by atoms with E-state index in [-0.39, 0.29) is 18.3 Å². The second kappa shape index (κ2) is 8.98. The van der Waals surface area contributed by atoms with E-state index in [0.29, 0.717) is 18.3 Å². The van der Waals surface area contributed by atoms with Crippen molar-refractivity contribution in [2.45, 2.75) is 25.8 Å². The van der Waals surface area contributed by atoms with E-state index >= 15 is 0 Å². The van der Waals surface area contributed by atoms with Gasteiger partial charge in [0.25, 0.3) is 0 Å². The minimum atomic E-state index is -0.0000624. The first-order valence-corrected chi connectivity index (χ1v) is 7.45. The molecule has 1 amide bonds. The Balaban J connectivity index is 0.00000242. The van der Waals surface area contributed by atoms with Crippen LogP contribution >= 0.6 is 12.4 Å². The average Bonchev–Trinajstić information content (AvgIpc) is 2.48. The minimum absolute atomic E-state index is 0. The summed E-state index contributed by atoms with van der Waals surface area (Å²) in [4.78, 5) is 14.4. The van der Waals surface area contributed by atoms with Gasteiger partial charge < -0.3 is 15.4 Å². The van der Waals surface area contributed by atoms with Gasteiger partial charge in [-0.1, -0.05) is 6.07 Å². The van der Waals surface area contributed by atoms with E-state index in [4.69, 9.17) is 4.74 Å². The average molecular weight is 328 g/mol. The third kappa shape index (κ3) is 5.16. The predicted molar refractivity (Wildman–Crippen MR) is 92.1 cm³/mol. The molecule has 1 fully saturated rings. The van der Waals surface area contributed by atoms with Gasteiger partial charge in [0.15, 0.2) is 0 Å². The molecule has 2 rings (SSSR count). The maximum atomic E-state index is 12.2. The van der Waals surface area contributed by atoms with Crippen molar-refractivity contribution in [1.29, 1.82) is 0 Å². The van der Waals surface area contributed by atoms with Crippen molar-refractivity contribution in [3.05, 3.63) is 23.8 Å². The van der Waals surface area contributed by atoms with Crippen LogP contribution in [0.25, 0.3) is 0 Å². The molecule has 1 saturated heterocycles. The Labute approximate surface area is 138 Å². The molecule has 0 atom stereocenters. The molecule has 124 valence electrons. The van der Waals surface area contributed by atoms with Crippen LogP contribution < -0.4 is 15.4 Å². The van der Waals surface area contributed by atoms with Gasteiger partial charge in [-0.3, -0.25) is 9.69 Å². The van der Waals surface area contributed by atoms with Crippen LogP contribution in [0.5, 0.6) is 5.75 Å². The van der Waals surface area contributed by atoms with Crippen LogP contribution in [0, 0.1) is 6.92 Å². The van der Waals surface area contributed by atoms with Crippen molar-refractivity contribution in [1.82, 2.24) is 10.2 Å². The zero-order valence-electron chi connectivity index (χ0n) is 13.5. The van der Waals surface area contributed by atoms with Crippen molar-refractivity contribution in [3.8, 4) is 5.75 Å². The minimum Gasteiger partial charge on any atom is -0.495 e. The second-order valence-corrected chi connectivity index (χ2v) is 5.65. The first-order chi connectivity index (χ1) is 10.1. The number of halogens is 1. The summed E-state index contributed by atoms with van der Waals surface area (Å²) < 4.78 is 5.29. The van der Waals surface area contributed by atoms with Crippen molar-refractivity contribution < 1.29 is 9.53 Å². The number of nitrogens with zero attached hydrogens (tertiary/aromatic N) is 1. The van der Waals surface area contributed by atoms with E-state index in [2.05, 4.69) is 15.5 Å². The lowest BCUT2D eigenvalue weighted by molar-refractivity contribution is -0.117. The van der Waals surface area contributed by atoms with Gasteiger partial charge in [-0.2, -0.15) is 0 Å². The number of hydrogen-bond donors (Lipinski definition) is 2. The lowest BCUT2D eigenvalue weighted by Gasteiger charge is -2.31. The van der Waals surface area contributed by atoms with Gasteiger partial charge in [0.2, 0.25) is 5.91 Å². The molecular weight excluding hydrogens is 302 g/mol. The Kier molecular flexibility index (Phi) is 7.65. The van der Waals surface area contributed by atoms with Gasteiger partial charge in [0, 0.05) is 6.04 Å². The third-order valence-corrected chi connectivity index (χ3v) is 3.95. The zero-order chi connectivity index (χ0) is 15.2. The number of benzene rings is 1. The van der Waals surface area contributed by atoms with Crippen LogP contribution in [-0.2, 0) is 4.79 Å². The van der Waals surface area contributed by atoms with Gasteiger partial charge in [0.1, 0.15) is 5.75 Å². The largest absolute Gasteiger partial charge is 0.495 e. The SMILES string of the molecule is COc1ccc(C)cc1NC(=O)CN(C)C1CCNCC1.Cl. The van der Waals surface area contributed by atoms with E-state index in [1.165, 1.54) is 0 Å². The quantitative estimate of drug-likeness (QED) is 0.869. The van der Waals surface area contributed by atoms with E-state index in [1.807, 2.05) is 32.2 Å². The van der Waals surface area contributed by atoms with Crippen molar-refractivity contribution in [2.75, 3.05) is 39.1 Å². The highest BCUT2D eigenvalue weighted by molar-refractivity contribution is 5.93. The van der Waals surface area contributed by atoms with Crippen LogP contribution in [0.15, 0.2) is 18.2 Å². The fraction of sp³-hybridized carbons (Fsp3) is 0.562. The Bertz CT molecular complexity index is 490. The summed E-state index contributed by atoms with van der Waals surface area (Å²) in [7, 11) is 3.63. The first kappa shape index (κ1) is 18.7. The maximum absolute atomic E-state index is 12.2. The predicted octanol–water partition coefficient (Wildman–Crippen LogP) is 2.05. The highest BCUT2D eigenvalue weighted by Gasteiger charge is 2.20. The van der Waals surface area contributed by atoms with Crippen LogP contribution in [0.4, 0.5) is 5.69 Å². The van der Waals surface area contributed by atoms with Crippen molar-refractivity contribution in [3.63, 3.8) is 0 Å². The summed E-state index contributed by atoms with van der Waals surface area (Å²) in [6.45, 7) is 4.46. The van der Waals surface area contributed by atoms with Gasteiger partial charge in [-0.25, -0.2) is 0 Å². The van der Waals surface area contributed by atoms with Gasteiger partial charge in [0.05, 0.1) is 19.3 Å². The number of carbonyl (C=O) groups excluding carboxylic acids is 1. The van der Waals surface area contributed by atoms with Crippen molar-refractivity contribution >= 4 is 24.0 Å². The monoisotopic (exact) mass is 327 g/mol. The van der Waals surface area contributed by atoms with Crippen LogP contribution in [0.3, 0.4) is 0 Å². The Hall–Kier alpha value is -1.30. The van der Waals surface area contributed by atoms with E-state index in [1.54, 1.807) is 7.11 Å². The second-order valence-electron chi connectivity index (χ2n) is 5.65. The number of methoxy groups -OCH3 is 1. The molecule has 1 heterocycles. The molecule has 6 heteroatoms. The summed E-state index contributed by atoms with van der Waals surface area (Å²) in [5.74, 6) is 0.693. The number of rotatable bonds is 5. The molecule has 1 aromatic rings. The topological polar surface area (TPSA) is 53.6 Å². The van der Waals surface area contributed by atoms with Gasteiger partial charge in [-0.05, 0) is 57.6 Å². The van der Waals surface area contributed by atoms with E-state index in [9.17, 15) is 4.79 Å². The molecule has 5 nitrogen and oxygen atoms in total. The molecule has 2 N–H and O–H groups in total. The normalized spacial score (nSPS) is 15.3. The fourth-order valence-corrected chi connectivity index (χ4v) is 2.71. The lowest BCUT2D eigenvalue weighted by Crippen LogP contribution is -2.44. The van der Waals surface area contributed by atoms with Crippen LogP contribution in [-0.4, -0.2) is 50.6 Å². The Morgan fingerprint density at radius 1 is 1.41 bits per heavy atom. The molecule has 0 aliphatic carbocycles. The number of amides is 1. The molecule has 1 aliphatic heterocycles. The lowest BCUT2D eigenvalue weighted by atomic mass is 10.1. The molecule has 1 aromatic carbocycles. The molecule has 0 radical (unpaired) electrons. The van der Waals surface area contributed by atoms with Gasteiger partial charge in [-0.15, -0.1) is 12.4 Å². The highest BCUT2D eigenvalue weighted by Crippen LogP contribution is 2.25. The molecule has 22 heavy (non-hydrogen) atoms. The summed E-state index contributed by atoms with van der Waals surface area (Å²) in [5, 5.41) is 6.29. The number of anilines is 1. The number of ether oxygens (including phenoxy) is 1. The molecule has 0 spiro atoms. The summed E-state index contributed by atoms with van der Waals surface area (Å²) in [5.41, 5.74) is 1.83. The summed E-state index contributed by atoms with van der Waals surface area (Å²) in [6.07, 6.45) is 2.19. The highest BCUT2D eigenvalue weighted by atomic mass is 35.5. The molecule has 0 saturated carbocycles. The van der Waals surface area contributed by atoms with Crippen molar-refractivity contribution in [2.24, 2.45) is 0 Å². The summed E-state index contributed by atoms with van der Waals surface area (Å²) >= 11 is 0. The molecular formula is C16H26ClN3O2. The van der Waals surface area contributed by atoms with E-state index < -0.39 is 0 Å². The first-order valence-electron chi connectivity index (χ1n) is 7.45. The molecule has 0 bridgehead atoms. The number of nitrogens with one attached hydrogen (secondary N) is 2. The number of piperidine rings is 1. The van der Waals surface area contributed by atoms with Crippen LogP contribution in [0.2, 0.25) is 0 Å². The van der Waals surface area contributed by atoms with E-state index in [0.717, 1.165) is 37.2 Å². The zero-order valence-corrected chi connectivity index (χ0v) is 14.3. The Morgan fingerprint density at radius 3 is 2.73 bits per heavy atom. The maximum Gasteiger partial charge on any atom is 0.238 e. The number of hydrogen-bond acceptors (Lipinski definition) is 4. The molecule has 0 aromatic heterocycles. The molecule has 1 aliphatic rings. The standard InChI is InChI=1S/C16H25N3O2.ClH/c1-12-4-5-15(21-3)14(10-12)18-16(20)11-19(2)13-6-8-17-9-7-13;/h4-5,10,13,17H,6-9,11H2,1-3H3,(H,18,20);1H.